The zero-order chi connectivity index (χ0) is 20.5. The highest BCUT2D eigenvalue weighted by atomic mass is 32.1. The van der Waals surface area contributed by atoms with E-state index in [2.05, 4.69) is 20.6 Å². The highest BCUT2D eigenvalue weighted by Crippen LogP contribution is 2.37. The number of nitrogens with one attached hydrogen (secondary N) is 2. The summed E-state index contributed by atoms with van der Waals surface area (Å²) in [4.78, 5) is 23.2. The minimum atomic E-state index is -0.410. The molecule has 148 valence electrons. The van der Waals surface area contributed by atoms with Gasteiger partial charge < -0.3 is 10.6 Å². The summed E-state index contributed by atoms with van der Waals surface area (Å²) in [5, 5.41) is 12.9. The lowest BCUT2D eigenvalue weighted by molar-refractivity contribution is -0.113. The molecular weight excluding hydrogens is 396 g/mol. The number of aromatic nitrogens is 4. The number of amides is 1. The Labute approximate surface area is 177 Å². The van der Waals surface area contributed by atoms with E-state index in [0.29, 0.717) is 23.2 Å². The van der Waals surface area contributed by atoms with Crippen LogP contribution in [0.2, 0.25) is 0 Å². The Bertz CT molecular complexity index is 1220. The van der Waals surface area contributed by atoms with Crippen molar-refractivity contribution in [1.29, 1.82) is 0 Å². The molecule has 1 aromatic carbocycles. The standard InChI is InChI=1S/C22H18N6OS/c1-14-18(21(29)25-17-11-5-6-12-23-17)19(15-8-3-2-4-9-15)28-22(24-14)26-20(27-28)16-10-7-13-30-16/h2-13,19H,1H3,(H,23,25,29)(H,24,26,27). The van der Waals surface area contributed by atoms with Gasteiger partial charge >= 0.3 is 0 Å². The normalized spacial score (nSPS) is 15.4. The second-order valence-corrected chi connectivity index (χ2v) is 7.77. The average molecular weight is 414 g/mol. The minimum absolute atomic E-state index is 0.230. The van der Waals surface area contributed by atoms with Crippen LogP contribution in [-0.2, 0) is 4.79 Å². The predicted octanol–water partition coefficient (Wildman–Crippen LogP) is 4.33. The summed E-state index contributed by atoms with van der Waals surface area (Å²) in [5.41, 5.74) is 2.25. The molecule has 0 saturated heterocycles. The predicted molar refractivity (Wildman–Crippen MR) is 117 cm³/mol. The average Bonchev–Trinajstić information content (AvgIpc) is 3.44. The van der Waals surface area contributed by atoms with E-state index < -0.39 is 6.04 Å². The highest BCUT2D eigenvalue weighted by molar-refractivity contribution is 7.13. The Morgan fingerprint density at radius 1 is 1.10 bits per heavy atom. The van der Waals surface area contributed by atoms with Crippen LogP contribution in [0.15, 0.2) is 83.5 Å². The third-order valence-electron chi connectivity index (χ3n) is 4.86. The number of nitrogens with zero attached hydrogens (tertiary/aromatic N) is 4. The van der Waals surface area contributed by atoms with E-state index in [0.717, 1.165) is 16.1 Å². The monoisotopic (exact) mass is 414 g/mol. The number of carbonyl (C=O) groups excluding carboxylic acids is 1. The molecule has 1 amide bonds. The number of hydrogen-bond donors (Lipinski definition) is 2. The van der Waals surface area contributed by atoms with E-state index in [4.69, 9.17) is 5.10 Å². The second-order valence-electron chi connectivity index (χ2n) is 6.83. The third-order valence-corrected chi connectivity index (χ3v) is 5.73. The van der Waals surface area contributed by atoms with Crippen LogP contribution >= 0.6 is 11.3 Å². The van der Waals surface area contributed by atoms with Crippen molar-refractivity contribution in [3.8, 4) is 10.7 Å². The van der Waals surface area contributed by atoms with E-state index in [9.17, 15) is 4.79 Å². The molecule has 5 rings (SSSR count). The van der Waals surface area contributed by atoms with Gasteiger partial charge in [-0.15, -0.1) is 16.4 Å². The van der Waals surface area contributed by atoms with Crippen LogP contribution in [0.1, 0.15) is 18.5 Å². The van der Waals surface area contributed by atoms with Crippen LogP contribution in [0.4, 0.5) is 11.8 Å². The fourth-order valence-electron chi connectivity index (χ4n) is 3.52. The van der Waals surface area contributed by atoms with Gasteiger partial charge in [0.25, 0.3) is 5.91 Å². The smallest absolute Gasteiger partial charge is 0.257 e. The summed E-state index contributed by atoms with van der Waals surface area (Å²) in [5.74, 6) is 1.51. The molecule has 4 aromatic rings. The largest absolute Gasteiger partial charge is 0.328 e. The van der Waals surface area contributed by atoms with Gasteiger partial charge in [0.1, 0.15) is 11.9 Å². The lowest BCUT2D eigenvalue weighted by Crippen LogP contribution is -2.31. The maximum Gasteiger partial charge on any atom is 0.257 e. The van der Waals surface area contributed by atoms with Crippen molar-refractivity contribution in [3.05, 3.63) is 89.1 Å². The Hall–Kier alpha value is -3.78. The van der Waals surface area contributed by atoms with Crippen LogP contribution < -0.4 is 10.6 Å². The number of benzene rings is 1. The summed E-state index contributed by atoms with van der Waals surface area (Å²) >= 11 is 1.58. The third kappa shape index (κ3) is 3.27. The summed E-state index contributed by atoms with van der Waals surface area (Å²) in [6.07, 6.45) is 1.65. The van der Waals surface area contributed by atoms with Crippen LogP contribution in [0, 0.1) is 0 Å². The van der Waals surface area contributed by atoms with Crippen LogP contribution in [-0.4, -0.2) is 25.7 Å². The van der Waals surface area contributed by atoms with Crippen LogP contribution in [0.3, 0.4) is 0 Å². The van der Waals surface area contributed by atoms with Gasteiger partial charge in [-0.3, -0.25) is 4.79 Å². The summed E-state index contributed by atoms with van der Waals surface area (Å²) < 4.78 is 1.78. The maximum atomic E-state index is 13.3. The quantitative estimate of drug-likeness (QED) is 0.519. The van der Waals surface area contributed by atoms with Gasteiger partial charge in [-0.1, -0.05) is 42.5 Å². The van der Waals surface area contributed by atoms with Gasteiger partial charge in [-0.2, -0.15) is 4.98 Å². The van der Waals surface area contributed by atoms with Gasteiger partial charge in [-0.25, -0.2) is 9.67 Å². The molecule has 4 heterocycles. The molecule has 1 atom stereocenters. The van der Waals surface area contributed by atoms with Crippen molar-refractivity contribution >= 4 is 29.0 Å². The Morgan fingerprint density at radius 2 is 1.93 bits per heavy atom. The Balaban J connectivity index is 1.60. The van der Waals surface area contributed by atoms with E-state index in [1.165, 1.54) is 0 Å². The molecule has 0 aliphatic carbocycles. The summed E-state index contributed by atoms with van der Waals surface area (Å²) in [6, 6.07) is 18.8. The van der Waals surface area contributed by atoms with E-state index >= 15 is 0 Å². The molecule has 0 radical (unpaired) electrons. The van der Waals surface area contributed by atoms with Gasteiger partial charge in [0.2, 0.25) is 5.95 Å². The Morgan fingerprint density at radius 3 is 2.67 bits per heavy atom. The molecule has 1 unspecified atom stereocenters. The molecule has 7 nitrogen and oxygen atoms in total. The molecule has 0 spiro atoms. The van der Waals surface area contributed by atoms with Crippen molar-refractivity contribution in [2.45, 2.75) is 13.0 Å². The second kappa shape index (κ2) is 7.57. The number of fused-ring (bicyclic) bond motifs is 1. The van der Waals surface area contributed by atoms with Crippen molar-refractivity contribution in [2.75, 3.05) is 10.6 Å². The first-order valence-corrected chi connectivity index (χ1v) is 10.3. The first kappa shape index (κ1) is 18.3. The first-order valence-electron chi connectivity index (χ1n) is 9.46. The minimum Gasteiger partial charge on any atom is -0.328 e. The molecule has 0 fully saturated rings. The molecule has 2 N–H and O–H groups in total. The van der Waals surface area contributed by atoms with Crippen molar-refractivity contribution in [1.82, 2.24) is 19.7 Å². The van der Waals surface area contributed by atoms with E-state index in [1.54, 1.807) is 28.3 Å². The topological polar surface area (TPSA) is 84.7 Å². The van der Waals surface area contributed by atoms with Gasteiger partial charge in [-0.05, 0) is 36.1 Å². The van der Waals surface area contributed by atoms with Crippen LogP contribution in [0.25, 0.3) is 10.7 Å². The van der Waals surface area contributed by atoms with Gasteiger partial charge in [0.15, 0.2) is 5.82 Å². The molecular formula is C22H18N6OS. The SMILES string of the molecule is CC1=C(C(=O)Nc2ccccn2)C(c2ccccc2)n2nc(-c3cccs3)nc2N1. The lowest BCUT2D eigenvalue weighted by atomic mass is 9.95. The zero-order valence-corrected chi connectivity index (χ0v) is 16.9. The lowest BCUT2D eigenvalue weighted by Gasteiger charge is -2.28. The number of rotatable bonds is 4. The molecule has 0 saturated carbocycles. The molecule has 8 heteroatoms. The van der Waals surface area contributed by atoms with Crippen molar-refractivity contribution < 1.29 is 4.79 Å². The number of pyridine rings is 1. The zero-order valence-electron chi connectivity index (χ0n) is 16.1. The molecule has 1 aliphatic heterocycles. The van der Waals surface area contributed by atoms with Crippen molar-refractivity contribution in [3.63, 3.8) is 0 Å². The fourth-order valence-corrected chi connectivity index (χ4v) is 4.17. The number of hydrogen-bond acceptors (Lipinski definition) is 6. The summed E-state index contributed by atoms with van der Waals surface area (Å²) in [7, 11) is 0. The number of thiophene rings is 1. The Kier molecular flexibility index (Phi) is 4.61. The van der Waals surface area contributed by atoms with Gasteiger partial charge in [0.05, 0.1) is 10.5 Å². The summed E-state index contributed by atoms with van der Waals surface area (Å²) in [6.45, 7) is 1.88. The molecule has 1 aliphatic rings. The van der Waals surface area contributed by atoms with E-state index in [-0.39, 0.29) is 5.91 Å². The van der Waals surface area contributed by atoms with E-state index in [1.807, 2.05) is 66.9 Å². The number of carbonyl (C=O) groups is 1. The van der Waals surface area contributed by atoms with Crippen molar-refractivity contribution in [2.24, 2.45) is 0 Å². The van der Waals surface area contributed by atoms with Crippen LogP contribution in [0.5, 0.6) is 0 Å². The molecule has 30 heavy (non-hydrogen) atoms. The van der Waals surface area contributed by atoms with Gasteiger partial charge in [0, 0.05) is 11.9 Å². The molecule has 3 aromatic heterocycles. The number of anilines is 2. The maximum absolute atomic E-state index is 13.3. The highest BCUT2D eigenvalue weighted by Gasteiger charge is 2.34. The molecule has 0 bridgehead atoms. The number of allylic oxidation sites excluding steroid dienone is 1. The fraction of sp³-hybridized carbons (Fsp3) is 0.0909. The first-order chi connectivity index (χ1) is 14.7.